The van der Waals surface area contributed by atoms with Gasteiger partial charge in [-0.25, -0.2) is 0 Å². The Balaban J connectivity index is 0.00000208. The number of hydrogen-bond acceptors (Lipinski definition) is 0. The van der Waals surface area contributed by atoms with Crippen molar-refractivity contribution < 1.29 is 17.0 Å². The van der Waals surface area contributed by atoms with Crippen LogP contribution in [0.2, 0.25) is 5.21 Å². The molecule has 0 radical (unpaired) electrons. The molecule has 0 saturated heterocycles. The number of hydrogen-bond donors (Lipinski definition) is 0. The molecule has 0 aliphatic rings. The maximum absolute atomic E-state index is 2.39. The third-order valence-electron chi connectivity index (χ3n) is 4.44. The maximum atomic E-state index is 2.35. The average molecular weight is 443 g/mol. The van der Waals surface area contributed by atoms with Gasteiger partial charge >= 0.3 is 143 Å². The molecule has 3 aromatic carbocycles. The summed E-state index contributed by atoms with van der Waals surface area (Å²) in [5.41, 5.74) is 0. The van der Waals surface area contributed by atoms with Crippen LogP contribution < -0.4 is 30.0 Å². The second-order valence-electron chi connectivity index (χ2n) is 5.89. The normalized spacial score (nSPS) is 10.9. The number of rotatable bonds is 6. The Labute approximate surface area is 159 Å². The van der Waals surface area contributed by atoms with Crippen molar-refractivity contribution >= 4 is 26.6 Å². The van der Waals surface area contributed by atoms with Crippen LogP contribution in [0.25, 0.3) is 0 Å². The zero-order valence-corrected chi connectivity index (χ0v) is 17.6. The SMILES string of the molecule is CCCC[As+](c1ccccc1)(c1ccccc1)c1ccccc1.[Br-]. The zero-order chi connectivity index (χ0) is 16.0. The molecule has 0 aromatic heterocycles. The van der Waals surface area contributed by atoms with Crippen LogP contribution in [0.5, 0.6) is 0 Å². The minimum atomic E-state index is -2.39. The van der Waals surface area contributed by atoms with Crippen molar-refractivity contribution in [2.24, 2.45) is 0 Å². The molecule has 0 saturated carbocycles. The molecule has 0 spiro atoms. The maximum Gasteiger partial charge on any atom is -1.00 e. The summed E-state index contributed by atoms with van der Waals surface area (Å²) in [5, 5.41) is 1.30. The first-order valence-electron chi connectivity index (χ1n) is 8.43. The van der Waals surface area contributed by atoms with E-state index in [1.54, 1.807) is 13.1 Å². The second kappa shape index (κ2) is 9.25. The van der Waals surface area contributed by atoms with Gasteiger partial charge in [0.1, 0.15) is 0 Å². The third-order valence-corrected chi connectivity index (χ3v) is 13.9. The van der Waals surface area contributed by atoms with Gasteiger partial charge in [0.25, 0.3) is 0 Å². The van der Waals surface area contributed by atoms with E-state index in [2.05, 4.69) is 97.9 Å². The van der Waals surface area contributed by atoms with Gasteiger partial charge in [-0.15, -0.1) is 0 Å². The Morgan fingerprint density at radius 3 is 1.21 bits per heavy atom. The van der Waals surface area contributed by atoms with E-state index in [0.717, 1.165) is 0 Å². The molecule has 3 rings (SSSR count). The summed E-state index contributed by atoms with van der Waals surface area (Å²) in [6.07, 6.45) is 2.53. The third kappa shape index (κ3) is 3.85. The van der Waals surface area contributed by atoms with Crippen molar-refractivity contribution in [3.63, 3.8) is 0 Å². The molecule has 3 aromatic rings. The number of benzene rings is 3. The van der Waals surface area contributed by atoms with Crippen LogP contribution in [0.15, 0.2) is 91.0 Å². The Morgan fingerprint density at radius 1 is 0.583 bits per heavy atom. The van der Waals surface area contributed by atoms with Crippen molar-refractivity contribution in [2.75, 3.05) is 0 Å². The van der Waals surface area contributed by atoms with Crippen molar-refractivity contribution in [3.8, 4) is 0 Å². The molecule has 24 heavy (non-hydrogen) atoms. The van der Waals surface area contributed by atoms with Crippen LogP contribution in [0.1, 0.15) is 19.8 Å². The molecule has 0 atom stereocenters. The van der Waals surface area contributed by atoms with Gasteiger partial charge in [-0.05, 0) is 0 Å². The predicted octanol–water partition coefficient (Wildman–Crippen LogP) is 0.961. The molecule has 2 heteroatoms. The van der Waals surface area contributed by atoms with E-state index < -0.39 is 13.6 Å². The first kappa shape index (κ1) is 19.0. The summed E-state index contributed by atoms with van der Waals surface area (Å²) in [4.78, 5) is 0. The van der Waals surface area contributed by atoms with Crippen LogP contribution in [-0.4, -0.2) is 13.6 Å². The summed E-state index contributed by atoms with van der Waals surface area (Å²) in [6, 6.07) is 33.7. The summed E-state index contributed by atoms with van der Waals surface area (Å²) in [5.74, 6) is 0. The van der Waals surface area contributed by atoms with Gasteiger partial charge in [-0.2, -0.15) is 0 Å². The van der Waals surface area contributed by atoms with Crippen molar-refractivity contribution in [2.45, 2.75) is 25.0 Å². The second-order valence-corrected chi connectivity index (χ2v) is 13.5. The zero-order valence-electron chi connectivity index (χ0n) is 14.1. The molecular weight excluding hydrogens is 419 g/mol. The molecule has 0 aliphatic carbocycles. The Kier molecular flexibility index (Phi) is 7.34. The molecule has 0 fully saturated rings. The van der Waals surface area contributed by atoms with E-state index in [4.69, 9.17) is 0 Å². The smallest absolute Gasteiger partial charge is 1.00 e. The van der Waals surface area contributed by atoms with Crippen LogP contribution in [0.3, 0.4) is 0 Å². The monoisotopic (exact) mass is 442 g/mol. The van der Waals surface area contributed by atoms with Gasteiger partial charge in [0.2, 0.25) is 0 Å². The summed E-state index contributed by atoms with van der Waals surface area (Å²) >= 11 is -2.39. The van der Waals surface area contributed by atoms with E-state index in [-0.39, 0.29) is 17.0 Å². The van der Waals surface area contributed by atoms with Crippen molar-refractivity contribution in [3.05, 3.63) is 91.0 Å². The standard InChI is InChI=1S/C22H24As.BrH/c1-2-3-19-23(20-13-7-4-8-14-20,21-15-9-5-10-16-21)22-17-11-6-12-18-22;/h4-18H,2-3,19H2,1H3;1H/q+1;/p-1. The minimum Gasteiger partial charge on any atom is -1.00 e. The molecule has 0 nitrogen and oxygen atoms in total. The molecule has 0 heterocycles. The van der Waals surface area contributed by atoms with Gasteiger partial charge in [0.05, 0.1) is 0 Å². The van der Waals surface area contributed by atoms with Gasteiger partial charge < -0.3 is 17.0 Å². The van der Waals surface area contributed by atoms with Crippen LogP contribution >= 0.6 is 0 Å². The largest absolute Gasteiger partial charge is 1.00 e. The van der Waals surface area contributed by atoms with E-state index in [9.17, 15) is 0 Å². The minimum absolute atomic E-state index is 0. The topological polar surface area (TPSA) is 0 Å². The fraction of sp³-hybridized carbons (Fsp3) is 0.182. The molecule has 124 valence electrons. The summed E-state index contributed by atoms with van der Waals surface area (Å²) in [7, 11) is 0. The van der Waals surface area contributed by atoms with E-state index in [1.807, 2.05) is 0 Å². The van der Waals surface area contributed by atoms with E-state index >= 15 is 0 Å². The number of halogens is 1. The van der Waals surface area contributed by atoms with Crippen LogP contribution in [0.4, 0.5) is 0 Å². The quantitative estimate of drug-likeness (QED) is 0.499. The molecule has 0 aliphatic heterocycles. The summed E-state index contributed by atoms with van der Waals surface area (Å²) < 4.78 is 4.66. The predicted molar refractivity (Wildman–Crippen MR) is 104 cm³/mol. The van der Waals surface area contributed by atoms with Crippen molar-refractivity contribution in [1.29, 1.82) is 0 Å². The average Bonchev–Trinajstić information content (AvgIpc) is 2.65. The van der Waals surface area contributed by atoms with Gasteiger partial charge in [0.15, 0.2) is 0 Å². The van der Waals surface area contributed by atoms with Crippen molar-refractivity contribution in [1.82, 2.24) is 0 Å². The molecule has 0 N–H and O–H groups in total. The fourth-order valence-corrected chi connectivity index (χ4v) is 12.7. The molecule has 0 unspecified atom stereocenters. The molecule has 0 bridgehead atoms. The van der Waals surface area contributed by atoms with Crippen LogP contribution in [0, 0.1) is 0 Å². The molecule has 0 amide bonds. The summed E-state index contributed by atoms with van der Waals surface area (Å²) in [6.45, 7) is 2.30. The Morgan fingerprint density at radius 2 is 0.917 bits per heavy atom. The number of unbranched alkanes of at least 4 members (excludes halogenated alkanes) is 1. The Bertz CT molecular complexity index is 614. The fourth-order valence-electron chi connectivity index (χ4n) is 3.28. The first-order chi connectivity index (χ1) is 11.4. The first-order valence-corrected chi connectivity index (χ1v) is 12.6. The van der Waals surface area contributed by atoms with Crippen LogP contribution in [-0.2, 0) is 0 Å². The van der Waals surface area contributed by atoms with Gasteiger partial charge in [-0.3, -0.25) is 0 Å². The van der Waals surface area contributed by atoms with Gasteiger partial charge in [-0.1, -0.05) is 0 Å². The van der Waals surface area contributed by atoms with E-state index in [0.29, 0.717) is 0 Å². The van der Waals surface area contributed by atoms with Gasteiger partial charge in [0, 0.05) is 0 Å². The van der Waals surface area contributed by atoms with E-state index in [1.165, 1.54) is 18.1 Å². The Hall–Kier alpha value is -1.30. The molecular formula is C22H24AsBr.